The van der Waals surface area contributed by atoms with Crippen molar-refractivity contribution in [2.75, 3.05) is 0 Å². The van der Waals surface area contributed by atoms with Crippen molar-refractivity contribution >= 4 is 11.6 Å². The molecule has 3 nitrogen and oxygen atoms in total. The Kier molecular flexibility index (Phi) is 2.61. The molecule has 15 heavy (non-hydrogen) atoms. The highest BCUT2D eigenvalue weighted by Gasteiger charge is 2.05. The van der Waals surface area contributed by atoms with Gasteiger partial charge in [-0.3, -0.25) is 4.98 Å². The zero-order valence-electron chi connectivity index (χ0n) is 7.68. The first-order valence-corrected chi connectivity index (χ1v) is 4.66. The predicted molar refractivity (Wildman–Crippen MR) is 57.2 cm³/mol. The summed E-state index contributed by atoms with van der Waals surface area (Å²) < 4.78 is 0. The minimum Gasteiger partial charge on any atom is -0.255 e. The number of hydrogen-bond acceptors (Lipinski definition) is 3. The smallest absolute Gasteiger partial charge is 0.129 e. The monoisotopic (exact) mass is 215 g/mol. The lowest BCUT2D eigenvalue weighted by atomic mass is 10.1. The molecule has 0 aliphatic rings. The van der Waals surface area contributed by atoms with Gasteiger partial charge in [-0.05, 0) is 24.3 Å². The predicted octanol–water partition coefficient (Wildman–Crippen LogP) is 2.67. The van der Waals surface area contributed by atoms with Gasteiger partial charge in [0.25, 0.3) is 0 Å². The highest BCUT2D eigenvalue weighted by Crippen LogP contribution is 2.20. The number of hydrogen-bond donors (Lipinski definition) is 0. The quantitative estimate of drug-likeness (QED) is 0.688. The van der Waals surface area contributed by atoms with Gasteiger partial charge in [0.1, 0.15) is 11.2 Å². The molecule has 0 radical (unpaired) electrons. The zero-order valence-corrected chi connectivity index (χ0v) is 8.44. The van der Waals surface area contributed by atoms with E-state index in [0.29, 0.717) is 16.4 Å². The lowest BCUT2D eigenvalue weighted by Crippen LogP contribution is -1.88. The number of halogens is 1. The first-order chi connectivity index (χ1) is 7.31. The molecule has 0 fully saturated rings. The highest BCUT2D eigenvalue weighted by atomic mass is 35.5. The first kappa shape index (κ1) is 9.63. The largest absolute Gasteiger partial charge is 0.255 e. The maximum Gasteiger partial charge on any atom is 0.129 e. The lowest BCUT2D eigenvalue weighted by Gasteiger charge is -2.01. The van der Waals surface area contributed by atoms with Crippen LogP contribution in [0, 0.1) is 11.3 Å². The topological polar surface area (TPSA) is 49.6 Å². The van der Waals surface area contributed by atoms with E-state index >= 15 is 0 Å². The normalized spacial score (nSPS) is 9.60. The van der Waals surface area contributed by atoms with Crippen molar-refractivity contribution in [1.82, 2.24) is 9.97 Å². The van der Waals surface area contributed by atoms with E-state index in [1.807, 2.05) is 0 Å². The number of nitrogens with zero attached hydrogens (tertiary/aromatic N) is 3. The standard InChI is InChI=1S/C11H6ClN3/c12-10-4-3-9(7-15-10)11-8(6-13)2-1-5-14-11/h1-5,7H. The molecule has 72 valence electrons. The number of pyridine rings is 2. The molecule has 0 unspecified atom stereocenters. The van der Waals surface area contributed by atoms with Gasteiger partial charge in [-0.15, -0.1) is 0 Å². The van der Waals surface area contributed by atoms with E-state index < -0.39 is 0 Å². The van der Waals surface area contributed by atoms with Crippen molar-refractivity contribution in [3.8, 4) is 17.3 Å². The molecule has 0 saturated carbocycles. The van der Waals surface area contributed by atoms with Crippen molar-refractivity contribution in [2.45, 2.75) is 0 Å². The Labute approximate surface area is 92.0 Å². The van der Waals surface area contributed by atoms with Crippen LogP contribution in [0.4, 0.5) is 0 Å². The molecule has 2 heterocycles. The van der Waals surface area contributed by atoms with Crippen LogP contribution in [0.5, 0.6) is 0 Å². The van der Waals surface area contributed by atoms with Gasteiger partial charge in [0.2, 0.25) is 0 Å². The minimum atomic E-state index is 0.424. The van der Waals surface area contributed by atoms with Gasteiger partial charge in [0.05, 0.1) is 11.3 Å². The van der Waals surface area contributed by atoms with Gasteiger partial charge in [-0.25, -0.2) is 4.98 Å². The van der Waals surface area contributed by atoms with Gasteiger partial charge in [-0.1, -0.05) is 11.6 Å². The molecular weight excluding hydrogens is 210 g/mol. The summed E-state index contributed by atoms with van der Waals surface area (Å²) in [7, 11) is 0. The summed E-state index contributed by atoms with van der Waals surface area (Å²) in [4.78, 5) is 8.09. The molecule has 2 rings (SSSR count). The van der Waals surface area contributed by atoms with Gasteiger partial charge in [0.15, 0.2) is 0 Å². The fraction of sp³-hybridized carbons (Fsp3) is 0. The third-order valence-corrected chi connectivity index (χ3v) is 2.15. The zero-order chi connectivity index (χ0) is 10.7. The van der Waals surface area contributed by atoms with Crippen LogP contribution < -0.4 is 0 Å². The molecule has 0 aliphatic heterocycles. The van der Waals surface area contributed by atoms with Crippen LogP contribution in [-0.4, -0.2) is 9.97 Å². The average molecular weight is 216 g/mol. The lowest BCUT2D eigenvalue weighted by molar-refractivity contribution is 1.26. The van der Waals surface area contributed by atoms with Gasteiger partial charge in [-0.2, -0.15) is 5.26 Å². The van der Waals surface area contributed by atoms with Gasteiger partial charge in [0, 0.05) is 18.0 Å². The van der Waals surface area contributed by atoms with Crippen molar-refractivity contribution in [3.63, 3.8) is 0 Å². The molecule has 0 N–H and O–H groups in total. The van der Waals surface area contributed by atoms with Gasteiger partial charge >= 0.3 is 0 Å². The Balaban J connectivity index is 2.55. The average Bonchev–Trinajstić information content (AvgIpc) is 2.30. The van der Waals surface area contributed by atoms with E-state index in [-0.39, 0.29) is 0 Å². The second-order valence-corrected chi connectivity index (χ2v) is 3.27. The molecule has 2 aromatic heterocycles. The fourth-order valence-electron chi connectivity index (χ4n) is 1.24. The molecule has 0 atom stereocenters. The highest BCUT2D eigenvalue weighted by molar-refractivity contribution is 6.29. The van der Waals surface area contributed by atoms with Crippen molar-refractivity contribution in [3.05, 3.63) is 47.4 Å². The Morgan fingerprint density at radius 2 is 2.07 bits per heavy atom. The SMILES string of the molecule is N#Cc1cccnc1-c1ccc(Cl)nc1. The van der Waals surface area contributed by atoms with Crippen LogP contribution in [0.15, 0.2) is 36.7 Å². The Morgan fingerprint density at radius 3 is 2.73 bits per heavy atom. The summed E-state index contributed by atoms with van der Waals surface area (Å²) in [6, 6.07) is 9.00. The number of aromatic nitrogens is 2. The van der Waals surface area contributed by atoms with E-state index in [2.05, 4.69) is 16.0 Å². The van der Waals surface area contributed by atoms with Crippen LogP contribution in [0.2, 0.25) is 5.15 Å². The molecular formula is C11H6ClN3. The Hall–Kier alpha value is -1.92. The molecule has 4 heteroatoms. The second-order valence-electron chi connectivity index (χ2n) is 2.88. The summed E-state index contributed by atoms with van der Waals surface area (Å²) in [5, 5.41) is 9.32. The maximum absolute atomic E-state index is 8.90. The second kappa shape index (κ2) is 4.07. The Bertz CT molecular complexity index is 514. The van der Waals surface area contributed by atoms with E-state index in [9.17, 15) is 0 Å². The number of rotatable bonds is 1. The van der Waals surface area contributed by atoms with Crippen molar-refractivity contribution in [1.29, 1.82) is 5.26 Å². The summed E-state index contributed by atoms with van der Waals surface area (Å²) in [6.45, 7) is 0. The molecule has 0 bridgehead atoms. The Morgan fingerprint density at radius 1 is 1.20 bits per heavy atom. The third kappa shape index (κ3) is 1.95. The van der Waals surface area contributed by atoms with Crippen molar-refractivity contribution < 1.29 is 0 Å². The summed E-state index contributed by atoms with van der Waals surface area (Å²) in [5.74, 6) is 0. The minimum absolute atomic E-state index is 0.424. The van der Waals surface area contributed by atoms with Crippen LogP contribution in [0.25, 0.3) is 11.3 Å². The van der Waals surface area contributed by atoms with E-state index in [1.54, 1.807) is 36.7 Å². The van der Waals surface area contributed by atoms with Crippen LogP contribution in [-0.2, 0) is 0 Å². The molecule has 2 aromatic rings. The van der Waals surface area contributed by atoms with Crippen LogP contribution in [0.1, 0.15) is 5.56 Å². The molecule has 0 aromatic carbocycles. The fourth-order valence-corrected chi connectivity index (χ4v) is 1.35. The maximum atomic E-state index is 8.90. The van der Waals surface area contributed by atoms with E-state index in [4.69, 9.17) is 16.9 Å². The third-order valence-electron chi connectivity index (χ3n) is 1.93. The molecule has 0 aliphatic carbocycles. The van der Waals surface area contributed by atoms with E-state index in [1.165, 1.54) is 0 Å². The number of nitriles is 1. The van der Waals surface area contributed by atoms with Gasteiger partial charge < -0.3 is 0 Å². The van der Waals surface area contributed by atoms with E-state index in [0.717, 1.165) is 5.56 Å². The molecule has 0 spiro atoms. The summed E-state index contributed by atoms with van der Waals surface area (Å²) in [5.41, 5.74) is 1.95. The first-order valence-electron chi connectivity index (χ1n) is 4.28. The van der Waals surface area contributed by atoms with Crippen LogP contribution >= 0.6 is 11.6 Å². The summed E-state index contributed by atoms with van der Waals surface area (Å²) in [6.07, 6.45) is 3.25. The molecule has 0 saturated heterocycles. The van der Waals surface area contributed by atoms with Crippen LogP contribution in [0.3, 0.4) is 0 Å². The molecule has 0 amide bonds. The summed E-state index contributed by atoms with van der Waals surface area (Å²) >= 11 is 5.68. The van der Waals surface area contributed by atoms with Crippen molar-refractivity contribution in [2.24, 2.45) is 0 Å².